The predicted molar refractivity (Wildman–Crippen MR) is 84.5 cm³/mol. The zero-order valence-electron chi connectivity index (χ0n) is 13.5. The van der Waals surface area contributed by atoms with Crippen LogP contribution in [0.15, 0.2) is 30.3 Å². The molecule has 1 rings (SSSR count). The van der Waals surface area contributed by atoms with Crippen LogP contribution in [0.3, 0.4) is 0 Å². The van der Waals surface area contributed by atoms with Gasteiger partial charge in [-0.3, -0.25) is 4.79 Å². The Kier molecular flexibility index (Phi) is 7.83. The normalized spacial score (nSPS) is 12.2. The molecule has 1 atom stereocenters. The summed E-state index contributed by atoms with van der Waals surface area (Å²) in [5.74, 6) is 0.735. The highest BCUT2D eigenvalue weighted by Crippen LogP contribution is 2.15. The third kappa shape index (κ3) is 5.38. The van der Waals surface area contributed by atoms with E-state index >= 15 is 0 Å². The molecule has 0 N–H and O–H groups in total. The molecule has 0 heterocycles. The number of amides is 1. The molecule has 4 heteroatoms. The second-order valence-corrected chi connectivity index (χ2v) is 5.07. The van der Waals surface area contributed by atoms with Crippen molar-refractivity contribution in [1.82, 2.24) is 4.90 Å². The first-order valence-electron chi connectivity index (χ1n) is 7.65. The Morgan fingerprint density at radius 3 is 2.33 bits per heavy atom. The van der Waals surface area contributed by atoms with Gasteiger partial charge in [0.05, 0.1) is 6.61 Å². The number of methoxy groups -OCH3 is 1. The first-order chi connectivity index (χ1) is 10.1. The summed E-state index contributed by atoms with van der Waals surface area (Å²) in [6.07, 6.45) is 1.37. The van der Waals surface area contributed by atoms with E-state index in [9.17, 15) is 4.79 Å². The average Bonchev–Trinajstić information content (AvgIpc) is 2.51. The Morgan fingerprint density at radius 2 is 1.81 bits per heavy atom. The maximum atomic E-state index is 12.7. The van der Waals surface area contributed by atoms with E-state index in [-0.39, 0.29) is 11.9 Å². The average molecular weight is 293 g/mol. The van der Waals surface area contributed by atoms with Crippen LogP contribution in [0.4, 0.5) is 0 Å². The molecule has 1 aromatic rings. The third-order valence-corrected chi connectivity index (χ3v) is 3.61. The van der Waals surface area contributed by atoms with Crippen molar-refractivity contribution in [3.05, 3.63) is 30.3 Å². The standard InChI is InChI=1S/C17H27NO3/c1-5-15(6-2)18(12-13-20-4)17(19)14(3)21-16-10-8-7-9-11-16/h7-11,14-15H,5-6,12-13H2,1-4H3. The molecule has 0 fully saturated rings. The van der Waals surface area contributed by atoms with Crippen LogP contribution in [0, 0.1) is 0 Å². The monoisotopic (exact) mass is 293 g/mol. The quantitative estimate of drug-likeness (QED) is 0.702. The molecular formula is C17H27NO3. The lowest BCUT2D eigenvalue weighted by atomic mass is 10.1. The van der Waals surface area contributed by atoms with Gasteiger partial charge in [-0.25, -0.2) is 0 Å². The Morgan fingerprint density at radius 1 is 1.19 bits per heavy atom. The zero-order valence-corrected chi connectivity index (χ0v) is 13.5. The lowest BCUT2D eigenvalue weighted by Gasteiger charge is -2.32. The highest BCUT2D eigenvalue weighted by molar-refractivity contribution is 5.81. The third-order valence-electron chi connectivity index (χ3n) is 3.61. The van der Waals surface area contributed by atoms with E-state index in [4.69, 9.17) is 9.47 Å². The zero-order chi connectivity index (χ0) is 15.7. The molecular weight excluding hydrogens is 266 g/mol. The Bertz CT molecular complexity index is 404. The molecule has 0 aliphatic rings. The number of carbonyl (C=O) groups is 1. The Labute approximate surface area is 128 Å². The van der Waals surface area contributed by atoms with Crippen LogP contribution in [-0.4, -0.2) is 43.2 Å². The van der Waals surface area contributed by atoms with Crippen molar-refractivity contribution in [2.45, 2.75) is 45.8 Å². The van der Waals surface area contributed by atoms with Gasteiger partial charge in [0.2, 0.25) is 0 Å². The number of rotatable bonds is 9. The minimum absolute atomic E-state index is 0.0182. The van der Waals surface area contributed by atoms with Gasteiger partial charge in [-0.05, 0) is 31.9 Å². The molecule has 0 spiro atoms. The molecule has 4 nitrogen and oxygen atoms in total. The molecule has 118 valence electrons. The van der Waals surface area contributed by atoms with E-state index in [0.29, 0.717) is 13.2 Å². The van der Waals surface area contributed by atoms with Crippen LogP contribution >= 0.6 is 0 Å². The summed E-state index contributed by atoms with van der Waals surface area (Å²) in [6.45, 7) is 7.15. The van der Waals surface area contributed by atoms with Crippen LogP contribution in [0.1, 0.15) is 33.6 Å². The summed E-state index contributed by atoms with van der Waals surface area (Å²) in [7, 11) is 1.65. The fourth-order valence-electron chi connectivity index (χ4n) is 2.38. The highest BCUT2D eigenvalue weighted by Gasteiger charge is 2.26. The van der Waals surface area contributed by atoms with Crippen LogP contribution in [0.2, 0.25) is 0 Å². The van der Waals surface area contributed by atoms with Crippen LogP contribution in [0.25, 0.3) is 0 Å². The van der Waals surface area contributed by atoms with Crippen molar-refractivity contribution in [3.63, 3.8) is 0 Å². The van der Waals surface area contributed by atoms with Gasteiger partial charge < -0.3 is 14.4 Å². The molecule has 0 radical (unpaired) electrons. The van der Waals surface area contributed by atoms with Crippen molar-refractivity contribution < 1.29 is 14.3 Å². The van der Waals surface area contributed by atoms with Crippen molar-refractivity contribution in [2.24, 2.45) is 0 Å². The number of hydrogen-bond acceptors (Lipinski definition) is 3. The fourth-order valence-corrected chi connectivity index (χ4v) is 2.38. The molecule has 0 bridgehead atoms. The van der Waals surface area contributed by atoms with E-state index in [1.807, 2.05) is 35.2 Å². The summed E-state index contributed by atoms with van der Waals surface area (Å²) >= 11 is 0. The summed E-state index contributed by atoms with van der Waals surface area (Å²) in [5, 5.41) is 0. The van der Waals surface area contributed by atoms with E-state index < -0.39 is 6.10 Å². The molecule has 0 aliphatic heterocycles. The van der Waals surface area contributed by atoms with Crippen LogP contribution < -0.4 is 4.74 Å². The molecule has 0 aliphatic carbocycles. The van der Waals surface area contributed by atoms with Gasteiger partial charge in [0.25, 0.3) is 5.91 Å². The van der Waals surface area contributed by atoms with Gasteiger partial charge in [-0.15, -0.1) is 0 Å². The number of ether oxygens (including phenoxy) is 2. The summed E-state index contributed by atoms with van der Waals surface area (Å²) < 4.78 is 10.9. The second kappa shape index (κ2) is 9.40. The van der Waals surface area contributed by atoms with E-state index in [0.717, 1.165) is 18.6 Å². The smallest absolute Gasteiger partial charge is 0.263 e. The molecule has 21 heavy (non-hydrogen) atoms. The minimum atomic E-state index is -0.496. The van der Waals surface area contributed by atoms with Crippen molar-refractivity contribution in [1.29, 1.82) is 0 Å². The maximum Gasteiger partial charge on any atom is 0.263 e. The molecule has 1 amide bonds. The van der Waals surface area contributed by atoms with Gasteiger partial charge >= 0.3 is 0 Å². The SMILES string of the molecule is CCC(CC)N(CCOC)C(=O)C(C)Oc1ccccc1. The first-order valence-corrected chi connectivity index (χ1v) is 7.65. The van der Waals surface area contributed by atoms with Gasteiger partial charge in [-0.2, -0.15) is 0 Å². The van der Waals surface area contributed by atoms with Gasteiger partial charge in [0.1, 0.15) is 5.75 Å². The first kappa shape index (κ1) is 17.5. The van der Waals surface area contributed by atoms with Crippen molar-refractivity contribution in [3.8, 4) is 5.75 Å². The second-order valence-electron chi connectivity index (χ2n) is 5.07. The van der Waals surface area contributed by atoms with Gasteiger partial charge in [0.15, 0.2) is 6.10 Å². The number of nitrogens with zero attached hydrogens (tertiary/aromatic N) is 1. The van der Waals surface area contributed by atoms with Crippen LogP contribution in [0.5, 0.6) is 5.75 Å². The van der Waals surface area contributed by atoms with E-state index in [1.165, 1.54) is 0 Å². The van der Waals surface area contributed by atoms with Crippen molar-refractivity contribution >= 4 is 5.91 Å². The molecule has 0 saturated heterocycles. The molecule has 0 aromatic heterocycles. The van der Waals surface area contributed by atoms with Gasteiger partial charge in [-0.1, -0.05) is 32.0 Å². The van der Waals surface area contributed by atoms with E-state index in [1.54, 1.807) is 14.0 Å². The molecule has 1 unspecified atom stereocenters. The molecule has 0 saturated carbocycles. The number of benzene rings is 1. The van der Waals surface area contributed by atoms with Gasteiger partial charge in [0, 0.05) is 19.7 Å². The predicted octanol–water partition coefficient (Wildman–Crippen LogP) is 3.12. The maximum absolute atomic E-state index is 12.7. The van der Waals surface area contributed by atoms with E-state index in [2.05, 4.69) is 13.8 Å². The summed E-state index contributed by atoms with van der Waals surface area (Å²) in [5.41, 5.74) is 0. The Hall–Kier alpha value is -1.55. The number of hydrogen-bond donors (Lipinski definition) is 0. The minimum Gasteiger partial charge on any atom is -0.481 e. The Balaban J connectivity index is 2.73. The number of para-hydroxylation sites is 1. The largest absolute Gasteiger partial charge is 0.481 e. The summed E-state index contributed by atoms with van der Waals surface area (Å²) in [4.78, 5) is 14.5. The van der Waals surface area contributed by atoms with Crippen LogP contribution in [-0.2, 0) is 9.53 Å². The lowest BCUT2D eigenvalue weighted by Crippen LogP contribution is -2.47. The lowest BCUT2D eigenvalue weighted by molar-refractivity contribution is -0.141. The highest BCUT2D eigenvalue weighted by atomic mass is 16.5. The fraction of sp³-hybridized carbons (Fsp3) is 0.588. The summed E-state index contributed by atoms with van der Waals surface area (Å²) in [6, 6.07) is 9.68. The molecule has 1 aromatic carbocycles. The topological polar surface area (TPSA) is 38.8 Å². The van der Waals surface area contributed by atoms with Crippen molar-refractivity contribution in [2.75, 3.05) is 20.3 Å². The number of carbonyl (C=O) groups excluding carboxylic acids is 1.